The summed E-state index contributed by atoms with van der Waals surface area (Å²) in [6.07, 6.45) is 6.25. The second-order valence-corrected chi connectivity index (χ2v) is 7.19. The molecule has 3 heterocycles. The predicted molar refractivity (Wildman–Crippen MR) is 86.6 cm³/mol. The second-order valence-electron chi connectivity index (χ2n) is 7.19. The summed E-state index contributed by atoms with van der Waals surface area (Å²) in [6, 6.07) is 0. The molecule has 3 saturated heterocycles. The molecule has 0 aromatic heterocycles. The lowest BCUT2D eigenvalue weighted by Gasteiger charge is -2.36. The van der Waals surface area contributed by atoms with Crippen LogP contribution in [0.5, 0.6) is 0 Å². The van der Waals surface area contributed by atoms with E-state index in [9.17, 15) is 9.59 Å². The summed E-state index contributed by atoms with van der Waals surface area (Å²) in [5.74, 6) is 0.323. The number of piperidine rings is 2. The first-order valence-electron chi connectivity index (χ1n) is 9.06. The van der Waals surface area contributed by atoms with Crippen molar-refractivity contribution in [2.24, 2.45) is 17.6 Å². The highest BCUT2D eigenvalue weighted by Crippen LogP contribution is 2.32. The van der Waals surface area contributed by atoms with Crippen molar-refractivity contribution in [2.45, 2.75) is 44.6 Å². The standard InChI is InChI=1S/C17H29N3O3/c18-17(22)14-6-11-23-16(14)13-4-9-19(10-5-13)12-15(21)20-7-2-1-3-8-20/h13-14,16H,1-12H2,(H2,18,22)/t14-,16+/m0/s1. The summed E-state index contributed by atoms with van der Waals surface area (Å²) >= 11 is 0. The highest BCUT2D eigenvalue weighted by Gasteiger charge is 2.39. The van der Waals surface area contributed by atoms with Gasteiger partial charge >= 0.3 is 0 Å². The van der Waals surface area contributed by atoms with Crippen molar-refractivity contribution in [3.05, 3.63) is 0 Å². The van der Waals surface area contributed by atoms with Crippen LogP contribution in [0.1, 0.15) is 38.5 Å². The number of nitrogens with zero attached hydrogens (tertiary/aromatic N) is 2. The van der Waals surface area contributed by atoms with Crippen LogP contribution >= 0.6 is 0 Å². The summed E-state index contributed by atoms with van der Waals surface area (Å²) < 4.78 is 5.78. The fraction of sp³-hybridized carbons (Fsp3) is 0.882. The van der Waals surface area contributed by atoms with Crippen molar-refractivity contribution in [3.63, 3.8) is 0 Å². The molecule has 0 aromatic carbocycles. The average Bonchev–Trinajstić information content (AvgIpc) is 3.06. The number of carbonyl (C=O) groups excluding carboxylic acids is 2. The second kappa shape index (κ2) is 7.62. The molecular formula is C17H29N3O3. The normalized spacial score (nSPS) is 30.5. The Balaban J connectivity index is 1.45. The van der Waals surface area contributed by atoms with Crippen molar-refractivity contribution in [2.75, 3.05) is 39.3 Å². The summed E-state index contributed by atoms with van der Waals surface area (Å²) in [4.78, 5) is 28.1. The van der Waals surface area contributed by atoms with E-state index in [0.29, 0.717) is 19.1 Å². The molecule has 2 atom stereocenters. The molecule has 2 N–H and O–H groups in total. The van der Waals surface area contributed by atoms with Crippen LogP contribution in [-0.4, -0.2) is 67.0 Å². The molecule has 0 aromatic rings. The van der Waals surface area contributed by atoms with Crippen LogP contribution in [0, 0.1) is 11.8 Å². The van der Waals surface area contributed by atoms with Gasteiger partial charge in [-0.3, -0.25) is 14.5 Å². The minimum absolute atomic E-state index is 0.00699. The van der Waals surface area contributed by atoms with Gasteiger partial charge in [-0.2, -0.15) is 0 Å². The monoisotopic (exact) mass is 323 g/mol. The molecule has 0 unspecified atom stereocenters. The Labute approximate surface area is 138 Å². The first-order chi connectivity index (χ1) is 11.1. The van der Waals surface area contributed by atoms with Gasteiger partial charge in [0.1, 0.15) is 0 Å². The fourth-order valence-corrected chi connectivity index (χ4v) is 4.25. The van der Waals surface area contributed by atoms with Crippen molar-refractivity contribution in [1.29, 1.82) is 0 Å². The molecule has 0 bridgehead atoms. The van der Waals surface area contributed by atoms with Gasteiger partial charge in [0.2, 0.25) is 11.8 Å². The molecule has 3 aliphatic heterocycles. The van der Waals surface area contributed by atoms with E-state index in [0.717, 1.165) is 58.3 Å². The third-order valence-corrected chi connectivity index (χ3v) is 5.67. The van der Waals surface area contributed by atoms with E-state index in [1.54, 1.807) is 0 Å². The van der Waals surface area contributed by atoms with Gasteiger partial charge in [-0.05, 0) is 57.5 Å². The molecule has 0 saturated carbocycles. The van der Waals surface area contributed by atoms with E-state index >= 15 is 0 Å². The van der Waals surface area contributed by atoms with E-state index in [1.807, 2.05) is 4.90 Å². The maximum Gasteiger partial charge on any atom is 0.236 e. The number of likely N-dealkylation sites (tertiary alicyclic amines) is 2. The number of hydrogen-bond acceptors (Lipinski definition) is 4. The van der Waals surface area contributed by atoms with Gasteiger partial charge < -0.3 is 15.4 Å². The minimum Gasteiger partial charge on any atom is -0.377 e. The van der Waals surface area contributed by atoms with Gasteiger partial charge in [-0.1, -0.05) is 0 Å². The number of ether oxygens (including phenoxy) is 1. The van der Waals surface area contributed by atoms with Gasteiger partial charge in [0.15, 0.2) is 0 Å². The summed E-state index contributed by atoms with van der Waals surface area (Å²) in [7, 11) is 0. The van der Waals surface area contributed by atoms with E-state index in [4.69, 9.17) is 10.5 Å². The smallest absolute Gasteiger partial charge is 0.236 e. The molecule has 6 nitrogen and oxygen atoms in total. The van der Waals surface area contributed by atoms with Gasteiger partial charge in [0.05, 0.1) is 18.6 Å². The minimum atomic E-state index is -0.227. The average molecular weight is 323 g/mol. The Morgan fingerprint density at radius 3 is 2.35 bits per heavy atom. The van der Waals surface area contributed by atoms with Crippen LogP contribution in [0.2, 0.25) is 0 Å². The van der Waals surface area contributed by atoms with Gasteiger partial charge in [0.25, 0.3) is 0 Å². The van der Waals surface area contributed by atoms with Crippen LogP contribution in [0.25, 0.3) is 0 Å². The zero-order valence-electron chi connectivity index (χ0n) is 13.9. The first-order valence-corrected chi connectivity index (χ1v) is 9.06. The zero-order valence-corrected chi connectivity index (χ0v) is 13.9. The lowest BCUT2D eigenvalue weighted by molar-refractivity contribution is -0.133. The van der Waals surface area contributed by atoms with Gasteiger partial charge in [-0.15, -0.1) is 0 Å². The van der Waals surface area contributed by atoms with Crippen molar-refractivity contribution >= 4 is 11.8 Å². The number of primary amides is 1. The van der Waals surface area contributed by atoms with Crippen LogP contribution in [0.15, 0.2) is 0 Å². The number of nitrogens with two attached hydrogens (primary N) is 1. The Morgan fingerprint density at radius 1 is 1.00 bits per heavy atom. The SMILES string of the molecule is NC(=O)[C@H]1CCO[C@@H]1C1CCN(CC(=O)N2CCCCC2)CC1. The Bertz CT molecular complexity index is 429. The zero-order chi connectivity index (χ0) is 16.2. The Morgan fingerprint density at radius 2 is 1.70 bits per heavy atom. The summed E-state index contributed by atoms with van der Waals surface area (Å²) in [6.45, 7) is 4.85. The van der Waals surface area contributed by atoms with Crippen molar-refractivity contribution in [3.8, 4) is 0 Å². The Hall–Kier alpha value is -1.14. The molecule has 0 spiro atoms. The molecule has 6 heteroatoms. The maximum absolute atomic E-state index is 12.3. The summed E-state index contributed by atoms with van der Waals surface area (Å²) in [5.41, 5.74) is 5.49. The molecule has 23 heavy (non-hydrogen) atoms. The largest absolute Gasteiger partial charge is 0.377 e. The predicted octanol–water partition coefficient (Wildman–Crippen LogP) is 0.601. The lowest BCUT2D eigenvalue weighted by atomic mass is 9.84. The quantitative estimate of drug-likeness (QED) is 0.822. The van der Waals surface area contributed by atoms with E-state index in [2.05, 4.69) is 4.90 Å². The number of hydrogen-bond donors (Lipinski definition) is 1. The first kappa shape index (κ1) is 16.7. The van der Waals surface area contributed by atoms with E-state index < -0.39 is 0 Å². The topological polar surface area (TPSA) is 75.9 Å². The number of carbonyl (C=O) groups is 2. The molecule has 130 valence electrons. The molecule has 3 aliphatic rings. The highest BCUT2D eigenvalue weighted by atomic mass is 16.5. The lowest BCUT2D eigenvalue weighted by Crippen LogP contribution is -2.47. The van der Waals surface area contributed by atoms with Gasteiger partial charge in [-0.25, -0.2) is 0 Å². The molecule has 0 radical (unpaired) electrons. The van der Waals surface area contributed by atoms with Crippen molar-refractivity contribution in [1.82, 2.24) is 9.80 Å². The number of amides is 2. The third-order valence-electron chi connectivity index (χ3n) is 5.67. The van der Waals surface area contributed by atoms with Gasteiger partial charge in [0, 0.05) is 19.7 Å². The van der Waals surface area contributed by atoms with Crippen LogP contribution < -0.4 is 5.73 Å². The Kier molecular flexibility index (Phi) is 5.54. The van der Waals surface area contributed by atoms with E-state index in [-0.39, 0.29) is 23.8 Å². The molecule has 3 rings (SSSR count). The molecule has 3 fully saturated rings. The van der Waals surface area contributed by atoms with Crippen LogP contribution in [0.4, 0.5) is 0 Å². The fourth-order valence-electron chi connectivity index (χ4n) is 4.25. The molecular weight excluding hydrogens is 294 g/mol. The van der Waals surface area contributed by atoms with Crippen LogP contribution in [-0.2, 0) is 14.3 Å². The number of rotatable bonds is 4. The highest BCUT2D eigenvalue weighted by molar-refractivity contribution is 5.78. The third kappa shape index (κ3) is 4.04. The summed E-state index contributed by atoms with van der Waals surface area (Å²) in [5, 5.41) is 0. The van der Waals surface area contributed by atoms with Crippen molar-refractivity contribution < 1.29 is 14.3 Å². The maximum atomic E-state index is 12.3. The molecule has 2 amide bonds. The molecule has 0 aliphatic carbocycles. The van der Waals surface area contributed by atoms with Crippen LogP contribution in [0.3, 0.4) is 0 Å². The van der Waals surface area contributed by atoms with E-state index in [1.165, 1.54) is 6.42 Å².